The van der Waals surface area contributed by atoms with Gasteiger partial charge < -0.3 is 14.5 Å². The molecule has 1 N–H and O–H groups in total. The van der Waals surface area contributed by atoms with Crippen molar-refractivity contribution in [2.45, 2.75) is 18.9 Å². The number of fused-ring (bicyclic) bond motifs is 1. The molecule has 2 aromatic rings. The molecular weight excluding hydrogens is 299 g/mol. The van der Waals surface area contributed by atoms with E-state index >= 15 is 0 Å². The number of benzene rings is 1. The molecule has 2 heterocycles. The molecule has 1 aromatic heterocycles. The van der Waals surface area contributed by atoms with Gasteiger partial charge in [-0.15, -0.1) is 0 Å². The molecule has 0 bridgehead atoms. The molecule has 5 nitrogen and oxygen atoms in total. The smallest absolute Gasteiger partial charge is 0.262 e. The van der Waals surface area contributed by atoms with Crippen LogP contribution in [0, 0.1) is 17.1 Å². The summed E-state index contributed by atoms with van der Waals surface area (Å²) in [7, 11) is 0. The number of carbonyl (C=O) groups excluding carboxylic acids is 1. The van der Waals surface area contributed by atoms with Crippen molar-refractivity contribution < 1.29 is 18.3 Å². The third kappa shape index (κ3) is 3.58. The lowest BCUT2D eigenvalue weighted by Gasteiger charge is -2.09. The molecule has 0 spiro atoms. The fourth-order valence-corrected chi connectivity index (χ4v) is 2.50. The van der Waals surface area contributed by atoms with Crippen molar-refractivity contribution in [3.8, 4) is 6.07 Å². The number of hydrogen-bond acceptors (Lipinski definition) is 4. The third-order valence-electron chi connectivity index (χ3n) is 3.66. The van der Waals surface area contributed by atoms with Gasteiger partial charge in [0, 0.05) is 24.6 Å². The van der Waals surface area contributed by atoms with Gasteiger partial charge in [-0.05, 0) is 37.1 Å². The Morgan fingerprint density at radius 1 is 1.48 bits per heavy atom. The topological polar surface area (TPSA) is 75.3 Å². The van der Waals surface area contributed by atoms with Gasteiger partial charge in [-0.2, -0.15) is 5.26 Å². The molecule has 1 aliphatic heterocycles. The Balaban J connectivity index is 1.73. The summed E-state index contributed by atoms with van der Waals surface area (Å²) in [5.41, 5.74) is 0.428. The van der Waals surface area contributed by atoms with E-state index in [2.05, 4.69) is 5.32 Å². The Kier molecular flexibility index (Phi) is 4.40. The number of furan rings is 1. The van der Waals surface area contributed by atoms with E-state index in [1.165, 1.54) is 24.3 Å². The van der Waals surface area contributed by atoms with Crippen molar-refractivity contribution in [2.24, 2.45) is 0 Å². The lowest BCUT2D eigenvalue weighted by atomic mass is 10.2. The number of nitrogens with zero attached hydrogens (tertiary/aromatic N) is 1. The van der Waals surface area contributed by atoms with Crippen LogP contribution in [-0.2, 0) is 9.53 Å². The van der Waals surface area contributed by atoms with Gasteiger partial charge in [-0.1, -0.05) is 0 Å². The molecule has 0 radical (unpaired) electrons. The quantitative estimate of drug-likeness (QED) is 0.695. The van der Waals surface area contributed by atoms with Crippen LogP contribution in [0.4, 0.5) is 4.39 Å². The van der Waals surface area contributed by atoms with E-state index in [9.17, 15) is 9.18 Å². The van der Waals surface area contributed by atoms with Gasteiger partial charge in [-0.25, -0.2) is 4.39 Å². The van der Waals surface area contributed by atoms with Crippen LogP contribution in [0.3, 0.4) is 0 Å². The summed E-state index contributed by atoms with van der Waals surface area (Å²) in [4.78, 5) is 12.0. The molecule has 118 valence electrons. The van der Waals surface area contributed by atoms with Crippen LogP contribution in [0.1, 0.15) is 18.6 Å². The van der Waals surface area contributed by atoms with Gasteiger partial charge in [0.05, 0.1) is 6.10 Å². The van der Waals surface area contributed by atoms with E-state index in [4.69, 9.17) is 14.4 Å². The highest BCUT2D eigenvalue weighted by atomic mass is 19.1. The van der Waals surface area contributed by atoms with E-state index < -0.39 is 5.91 Å². The summed E-state index contributed by atoms with van der Waals surface area (Å²) >= 11 is 0. The minimum Gasteiger partial charge on any atom is -0.457 e. The van der Waals surface area contributed by atoms with Gasteiger partial charge in [0.2, 0.25) is 0 Å². The molecule has 23 heavy (non-hydrogen) atoms. The summed E-state index contributed by atoms with van der Waals surface area (Å²) in [5, 5.41) is 12.4. The number of nitriles is 1. The third-order valence-corrected chi connectivity index (χ3v) is 3.66. The molecule has 6 heteroatoms. The minimum absolute atomic E-state index is 0.00747. The zero-order valence-corrected chi connectivity index (χ0v) is 12.3. The summed E-state index contributed by atoms with van der Waals surface area (Å²) in [6, 6.07) is 7.57. The monoisotopic (exact) mass is 314 g/mol. The molecule has 0 aliphatic carbocycles. The largest absolute Gasteiger partial charge is 0.457 e. The Morgan fingerprint density at radius 3 is 3.09 bits per heavy atom. The molecule has 1 fully saturated rings. The average Bonchev–Trinajstić information content (AvgIpc) is 3.18. The Bertz CT molecular complexity index is 798. The SMILES string of the molecule is N#C/C(=C\c1cc2cc(F)ccc2o1)C(=O)NC[C@H]1CCCO1. The van der Waals surface area contributed by atoms with Crippen molar-refractivity contribution in [2.75, 3.05) is 13.2 Å². The van der Waals surface area contributed by atoms with Crippen molar-refractivity contribution >= 4 is 23.0 Å². The molecule has 1 aromatic carbocycles. The first-order chi connectivity index (χ1) is 11.2. The minimum atomic E-state index is -0.477. The van der Waals surface area contributed by atoms with Gasteiger partial charge in [0.1, 0.15) is 28.8 Å². The maximum Gasteiger partial charge on any atom is 0.262 e. The second-order valence-electron chi connectivity index (χ2n) is 5.35. The Hall–Kier alpha value is -2.65. The molecule has 1 atom stereocenters. The number of amides is 1. The van der Waals surface area contributed by atoms with E-state index in [0.717, 1.165) is 12.8 Å². The van der Waals surface area contributed by atoms with Gasteiger partial charge in [0.15, 0.2) is 0 Å². The maximum atomic E-state index is 13.2. The summed E-state index contributed by atoms with van der Waals surface area (Å²) in [5.74, 6) is -0.521. The highest BCUT2D eigenvalue weighted by Gasteiger charge is 2.18. The van der Waals surface area contributed by atoms with Crippen LogP contribution < -0.4 is 5.32 Å². The van der Waals surface area contributed by atoms with Gasteiger partial charge in [-0.3, -0.25) is 4.79 Å². The second-order valence-corrected chi connectivity index (χ2v) is 5.35. The van der Waals surface area contributed by atoms with Crippen molar-refractivity contribution in [1.82, 2.24) is 5.32 Å². The van der Waals surface area contributed by atoms with E-state index in [-0.39, 0.29) is 17.5 Å². The average molecular weight is 314 g/mol. The highest BCUT2D eigenvalue weighted by Crippen LogP contribution is 2.22. The number of nitrogens with one attached hydrogen (secondary N) is 1. The zero-order chi connectivity index (χ0) is 16.2. The Labute approximate surface area is 132 Å². The molecule has 0 unspecified atom stereocenters. The van der Waals surface area contributed by atoms with E-state index in [1.807, 2.05) is 6.07 Å². The fourth-order valence-electron chi connectivity index (χ4n) is 2.50. The molecule has 1 saturated heterocycles. The first-order valence-corrected chi connectivity index (χ1v) is 7.36. The van der Waals surface area contributed by atoms with Crippen LogP contribution in [0.15, 0.2) is 34.3 Å². The van der Waals surface area contributed by atoms with Crippen LogP contribution in [0.25, 0.3) is 17.0 Å². The molecular formula is C17H15FN2O3. The number of carbonyl (C=O) groups is 1. The number of hydrogen-bond donors (Lipinski definition) is 1. The summed E-state index contributed by atoms with van der Waals surface area (Å²) in [6.07, 6.45) is 3.24. The standard InChI is InChI=1S/C17H15FN2O3/c18-13-3-4-16-11(6-13)7-15(23-16)8-12(9-19)17(21)20-10-14-2-1-5-22-14/h3-4,6-8,14H,1-2,5,10H2,(H,20,21)/b12-8+/t14-/m1/s1. The van der Waals surface area contributed by atoms with Crippen LogP contribution in [-0.4, -0.2) is 25.2 Å². The van der Waals surface area contributed by atoms with Crippen LogP contribution >= 0.6 is 0 Å². The summed E-state index contributed by atoms with van der Waals surface area (Å²) in [6.45, 7) is 1.08. The second kappa shape index (κ2) is 6.63. The maximum absolute atomic E-state index is 13.2. The van der Waals surface area contributed by atoms with E-state index in [1.54, 1.807) is 6.07 Å². The molecule has 1 amide bonds. The molecule has 1 aliphatic rings. The lowest BCUT2D eigenvalue weighted by molar-refractivity contribution is -0.117. The van der Waals surface area contributed by atoms with Crippen LogP contribution in [0.2, 0.25) is 0 Å². The van der Waals surface area contributed by atoms with Crippen molar-refractivity contribution in [1.29, 1.82) is 5.26 Å². The number of ether oxygens (including phenoxy) is 1. The predicted molar refractivity (Wildman–Crippen MR) is 81.7 cm³/mol. The number of halogens is 1. The van der Waals surface area contributed by atoms with Gasteiger partial charge >= 0.3 is 0 Å². The van der Waals surface area contributed by atoms with Crippen molar-refractivity contribution in [3.05, 3.63) is 41.4 Å². The zero-order valence-electron chi connectivity index (χ0n) is 12.3. The first kappa shape index (κ1) is 15.3. The Morgan fingerprint density at radius 2 is 2.35 bits per heavy atom. The normalized spacial score (nSPS) is 18.1. The molecule has 3 rings (SSSR count). The predicted octanol–water partition coefficient (Wildman–Crippen LogP) is 2.77. The fraction of sp³-hybridized carbons (Fsp3) is 0.294. The summed E-state index contributed by atoms with van der Waals surface area (Å²) < 4.78 is 24.1. The van der Waals surface area contributed by atoms with E-state index in [0.29, 0.717) is 29.9 Å². The number of rotatable bonds is 4. The van der Waals surface area contributed by atoms with Gasteiger partial charge in [0.25, 0.3) is 5.91 Å². The lowest BCUT2D eigenvalue weighted by Crippen LogP contribution is -2.32. The van der Waals surface area contributed by atoms with Crippen LogP contribution in [0.5, 0.6) is 0 Å². The first-order valence-electron chi connectivity index (χ1n) is 7.36. The highest BCUT2D eigenvalue weighted by molar-refractivity contribution is 6.01. The van der Waals surface area contributed by atoms with Crippen molar-refractivity contribution in [3.63, 3.8) is 0 Å². The molecule has 0 saturated carbocycles.